The Hall–Kier alpha value is -0.610. The zero-order valence-corrected chi connectivity index (χ0v) is 12.7. The summed E-state index contributed by atoms with van der Waals surface area (Å²) >= 11 is 0. The summed E-state index contributed by atoms with van der Waals surface area (Å²) in [6, 6.07) is 0.448. The first-order valence-corrected chi connectivity index (χ1v) is 7.76. The van der Waals surface area contributed by atoms with Crippen molar-refractivity contribution >= 4 is 5.91 Å². The van der Waals surface area contributed by atoms with Crippen LogP contribution in [0.25, 0.3) is 0 Å². The maximum atomic E-state index is 12.9. The zero-order chi connectivity index (χ0) is 13.9. The minimum Gasteiger partial charge on any atom is -0.341 e. The molecule has 0 unspecified atom stereocenters. The average Bonchev–Trinajstić information content (AvgIpc) is 2.47. The molecule has 1 saturated carbocycles. The summed E-state index contributed by atoms with van der Waals surface area (Å²) in [5.74, 6) is 1.13. The molecule has 0 aromatic heterocycles. The molecule has 0 bridgehead atoms. The highest BCUT2D eigenvalue weighted by molar-refractivity contribution is 5.86. The van der Waals surface area contributed by atoms with Gasteiger partial charge >= 0.3 is 0 Å². The Morgan fingerprint density at radius 3 is 2.32 bits per heavy atom. The van der Waals surface area contributed by atoms with Crippen molar-refractivity contribution in [1.82, 2.24) is 15.5 Å². The van der Waals surface area contributed by atoms with Gasteiger partial charge in [0.15, 0.2) is 0 Å². The second-order valence-corrected chi connectivity index (χ2v) is 6.41. The average molecular weight is 267 g/mol. The quantitative estimate of drug-likeness (QED) is 0.811. The Morgan fingerprint density at radius 2 is 1.79 bits per heavy atom. The van der Waals surface area contributed by atoms with Crippen molar-refractivity contribution in [3.63, 3.8) is 0 Å². The van der Waals surface area contributed by atoms with Gasteiger partial charge in [-0.2, -0.15) is 0 Å². The molecule has 4 nitrogen and oxygen atoms in total. The molecule has 0 atom stereocenters. The second kappa shape index (κ2) is 6.23. The van der Waals surface area contributed by atoms with Crippen LogP contribution in [-0.2, 0) is 4.79 Å². The van der Waals surface area contributed by atoms with Crippen LogP contribution in [0.4, 0.5) is 0 Å². The lowest BCUT2D eigenvalue weighted by Crippen LogP contribution is -2.62. The fourth-order valence-corrected chi connectivity index (χ4v) is 3.56. The van der Waals surface area contributed by atoms with Crippen molar-refractivity contribution in [2.45, 2.75) is 57.0 Å². The van der Waals surface area contributed by atoms with E-state index in [1.54, 1.807) is 0 Å². The van der Waals surface area contributed by atoms with E-state index in [1.807, 2.05) is 19.0 Å². The highest BCUT2D eigenvalue weighted by atomic mass is 16.2. The summed E-state index contributed by atoms with van der Waals surface area (Å²) in [4.78, 5) is 14.9. The van der Waals surface area contributed by atoms with Crippen LogP contribution in [0.1, 0.15) is 45.4 Å². The van der Waals surface area contributed by atoms with Gasteiger partial charge in [0, 0.05) is 13.1 Å². The van der Waals surface area contributed by atoms with Crippen molar-refractivity contribution in [2.24, 2.45) is 5.92 Å². The summed E-state index contributed by atoms with van der Waals surface area (Å²) < 4.78 is 0. The minimum atomic E-state index is -0.330. The van der Waals surface area contributed by atoms with Crippen LogP contribution < -0.4 is 10.6 Å². The van der Waals surface area contributed by atoms with E-state index in [2.05, 4.69) is 17.6 Å². The van der Waals surface area contributed by atoms with E-state index in [-0.39, 0.29) is 5.54 Å². The number of nitrogens with zero attached hydrogens (tertiary/aromatic N) is 1. The van der Waals surface area contributed by atoms with Gasteiger partial charge in [-0.15, -0.1) is 0 Å². The molecule has 0 radical (unpaired) electrons. The molecule has 0 spiro atoms. The van der Waals surface area contributed by atoms with E-state index < -0.39 is 0 Å². The van der Waals surface area contributed by atoms with E-state index in [0.717, 1.165) is 31.8 Å². The van der Waals surface area contributed by atoms with Gasteiger partial charge in [-0.25, -0.2) is 0 Å². The maximum absolute atomic E-state index is 12.9. The number of amides is 1. The molecule has 110 valence electrons. The smallest absolute Gasteiger partial charge is 0.242 e. The van der Waals surface area contributed by atoms with Crippen molar-refractivity contribution in [1.29, 1.82) is 0 Å². The van der Waals surface area contributed by atoms with Crippen molar-refractivity contribution in [3.8, 4) is 0 Å². The van der Waals surface area contributed by atoms with Crippen LogP contribution >= 0.6 is 0 Å². The lowest BCUT2D eigenvalue weighted by molar-refractivity contribution is -0.141. The standard InChI is InChI=1S/C15H29N3O/c1-12-4-6-13(7-5-12)18(3)14(19)15(16-2)8-10-17-11-9-15/h12-13,16-17H,4-11H2,1-3H3. The Balaban J connectivity index is 2.00. The Labute approximate surface area is 117 Å². The summed E-state index contributed by atoms with van der Waals surface area (Å²) in [5, 5.41) is 6.66. The molecule has 0 aromatic rings. The molecule has 1 amide bonds. The fourth-order valence-electron chi connectivity index (χ4n) is 3.56. The predicted octanol–water partition coefficient (Wildman–Crippen LogP) is 1.37. The molecule has 2 rings (SSSR count). The van der Waals surface area contributed by atoms with E-state index in [0.29, 0.717) is 11.9 Å². The molecule has 0 aromatic carbocycles. The van der Waals surface area contributed by atoms with E-state index >= 15 is 0 Å². The van der Waals surface area contributed by atoms with Gasteiger partial charge in [-0.3, -0.25) is 4.79 Å². The molecule has 2 fully saturated rings. The van der Waals surface area contributed by atoms with Gasteiger partial charge in [-0.1, -0.05) is 6.92 Å². The molecular weight excluding hydrogens is 238 g/mol. The number of hydrogen-bond acceptors (Lipinski definition) is 3. The Bertz CT molecular complexity index is 305. The van der Waals surface area contributed by atoms with Gasteiger partial charge in [-0.05, 0) is 64.6 Å². The second-order valence-electron chi connectivity index (χ2n) is 6.41. The number of carbonyl (C=O) groups is 1. The van der Waals surface area contributed by atoms with Gasteiger partial charge in [0.05, 0.1) is 0 Å². The third-order valence-corrected chi connectivity index (χ3v) is 5.20. The lowest BCUT2D eigenvalue weighted by atomic mass is 9.83. The first-order chi connectivity index (χ1) is 9.09. The van der Waals surface area contributed by atoms with E-state index in [9.17, 15) is 4.79 Å². The van der Waals surface area contributed by atoms with E-state index in [4.69, 9.17) is 0 Å². The van der Waals surface area contributed by atoms with Crippen molar-refractivity contribution < 1.29 is 4.79 Å². The molecule has 4 heteroatoms. The topological polar surface area (TPSA) is 44.4 Å². The summed E-state index contributed by atoms with van der Waals surface area (Å²) in [6.07, 6.45) is 6.65. The number of likely N-dealkylation sites (N-methyl/N-ethyl adjacent to an activating group) is 2. The van der Waals surface area contributed by atoms with Crippen LogP contribution in [0.15, 0.2) is 0 Å². The van der Waals surface area contributed by atoms with E-state index in [1.165, 1.54) is 25.7 Å². The molecule has 1 saturated heterocycles. The number of nitrogens with one attached hydrogen (secondary N) is 2. The normalized spacial score (nSPS) is 30.9. The maximum Gasteiger partial charge on any atom is 0.242 e. The third kappa shape index (κ3) is 3.11. The highest BCUT2D eigenvalue weighted by Gasteiger charge is 2.41. The first kappa shape index (κ1) is 14.8. The van der Waals surface area contributed by atoms with Gasteiger partial charge in [0.2, 0.25) is 5.91 Å². The number of hydrogen-bond donors (Lipinski definition) is 2. The minimum absolute atomic E-state index is 0.302. The zero-order valence-electron chi connectivity index (χ0n) is 12.7. The summed E-state index contributed by atoms with van der Waals surface area (Å²) in [6.45, 7) is 4.18. The van der Waals surface area contributed by atoms with Crippen LogP contribution in [0, 0.1) is 5.92 Å². The van der Waals surface area contributed by atoms with Crippen LogP contribution in [0.5, 0.6) is 0 Å². The molecule has 1 aliphatic heterocycles. The predicted molar refractivity (Wildman–Crippen MR) is 78.1 cm³/mol. The number of carbonyl (C=O) groups excluding carboxylic acids is 1. The SMILES string of the molecule is CNC1(C(=O)N(C)C2CCC(C)CC2)CCNCC1. The molecule has 2 aliphatic rings. The molecule has 2 N–H and O–H groups in total. The van der Waals surface area contributed by atoms with Gasteiger partial charge < -0.3 is 15.5 Å². The van der Waals surface area contributed by atoms with Crippen LogP contribution in [0.2, 0.25) is 0 Å². The first-order valence-electron chi connectivity index (χ1n) is 7.76. The van der Waals surface area contributed by atoms with Crippen LogP contribution in [0.3, 0.4) is 0 Å². The Kier molecular flexibility index (Phi) is 4.85. The van der Waals surface area contributed by atoms with Crippen molar-refractivity contribution in [2.75, 3.05) is 27.2 Å². The molecular formula is C15H29N3O. The van der Waals surface area contributed by atoms with Crippen molar-refractivity contribution in [3.05, 3.63) is 0 Å². The highest BCUT2D eigenvalue weighted by Crippen LogP contribution is 2.29. The third-order valence-electron chi connectivity index (χ3n) is 5.20. The monoisotopic (exact) mass is 267 g/mol. The van der Waals surface area contributed by atoms with Gasteiger partial charge in [0.25, 0.3) is 0 Å². The fraction of sp³-hybridized carbons (Fsp3) is 0.933. The number of piperidine rings is 1. The molecule has 1 aliphatic carbocycles. The molecule has 19 heavy (non-hydrogen) atoms. The summed E-state index contributed by atoms with van der Waals surface area (Å²) in [7, 11) is 3.93. The number of rotatable bonds is 3. The van der Waals surface area contributed by atoms with Gasteiger partial charge in [0.1, 0.15) is 5.54 Å². The van der Waals surface area contributed by atoms with Crippen LogP contribution in [-0.4, -0.2) is 49.6 Å². The largest absolute Gasteiger partial charge is 0.341 e. The summed E-state index contributed by atoms with van der Waals surface area (Å²) in [5.41, 5.74) is -0.330. The molecule has 1 heterocycles. The lowest BCUT2D eigenvalue weighted by Gasteiger charge is -2.42. The Morgan fingerprint density at radius 1 is 1.21 bits per heavy atom.